The highest BCUT2D eigenvalue weighted by Gasteiger charge is 2.18. The van der Waals surface area contributed by atoms with Crippen LogP contribution in [0.25, 0.3) is 0 Å². The second kappa shape index (κ2) is 6.38. The topological polar surface area (TPSA) is 41.0 Å². The fraction of sp³-hybridized carbons (Fsp3) is 0.692. The molecule has 1 N–H and O–H groups in total. The van der Waals surface area contributed by atoms with Gasteiger partial charge in [-0.05, 0) is 12.1 Å². The van der Waals surface area contributed by atoms with Gasteiger partial charge in [0.25, 0.3) is 0 Å². The molecule has 18 heavy (non-hydrogen) atoms. The van der Waals surface area contributed by atoms with Crippen molar-refractivity contribution in [2.75, 3.05) is 23.7 Å². The third-order valence-electron chi connectivity index (χ3n) is 2.96. The molecule has 1 unspecified atom stereocenters. The molecule has 1 fully saturated rings. The van der Waals surface area contributed by atoms with Gasteiger partial charge < -0.3 is 10.2 Å². The normalized spacial score (nSPS) is 20.4. The van der Waals surface area contributed by atoms with Crippen LogP contribution in [-0.4, -0.2) is 40.3 Å². The number of rotatable bonds is 4. The lowest BCUT2D eigenvalue weighted by Crippen LogP contribution is -2.37. The first-order chi connectivity index (χ1) is 8.65. The van der Waals surface area contributed by atoms with E-state index < -0.39 is 0 Å². The van der Waals surface area contributed by atoms with Gasteiger partial charge >= 0.3 is 0 Å². The zero-order chi connectivity index (χ0) is 13.0. The summed E-state index contributed by atoms with van der Waals surface area (Å²) in [5.74, 6) is 2.19. The third-order valence-corrected chi connectivity index (χ3v) is 4.10. The molecule has 0 amide bonds. The van der Waals surface area contributed by atoms with Crippen molar-refractivity contribution in [3.63, 3.8) is 0 Å². The molecule has 1 atom stereocenters. The fourth-order valence-electron chi connectivity index (χ4n) is 1.95. The van der Waals surface area contributed by atoms with Gasteiger partial charge in [-0.15, -0.1) is 5.10 Å². The maximum absolute atomic E-state index is 4.34. The van der Waals surface area contributed by atoms with Crippen molar-refractivity contribution in [3.05, 3.63) is 17.8 Å². The summed E-state index contributed by atoms with van der Waals surface area (Å²) in [7, 11) is 0. The Labute approximate surface area is 114 Å². The zero-order valence-corrected chi connectivity index (χ0v) is 12.2. The largest absolute Gasteiger partial charge is 0.353 e. The first kappa shape index (κ1) is 13.6. The molecule has 2 rings (SSSR count). The highest BCUT2D eigenvalue weighted by atomic mass is 32.2. The molecule has 4 nitrogen and oxygen atoms in total. The second-order valence-corrected chi connectivity index (χ2v) is 6.59. The van der Waals surface area contributed by atoms with Gasteiger partial charge in [-0.25, -0.2) is 0 Å². The minimum Gasteiger partial charge on any atom is -0.353 e. The van der Waals surface area contributed by atoms with Crippen LogP contribution in [0.2, 0.25) is 0 Å². The maximum Gasteiger partial charge on any atom is 0.151 e. The Hall–Kier alpha value is -0.810. The molecule has 0 spiro atoms. The van der Waals surface area contributed by atoms with Crippen LogP contribution in [0.15, 0.2) is 12.1 Å². The molecule has 0 radical (unpaired) electrons. The first-order valence-corrected chi connectivity index (χ1v) is 7.62. The van der Waals surface area contributed by atoms with Gasteiger partial charge in [0.15, 0.2) is 5.82 Å². The van der Waals surface area contributed by atoms with E-state index in [-0.39, 0.29) is 0 Å². The van der Waals surface area contributed by atoms with Gasteiger partial charge in [0.1, 0.15) is 0 Å². The molecule has 0 bridgehead atoms. The smallest absolute Gasteiger partial charge is 0.151 e. The van der Waals surface area contributed by atoms with E-state index in [0.717, 1.165) is 31.1 Å². The van der Waals surface area contributed by atoms with E-state index in [0.29, 0.717) is 11.3 Å². The second-order valence-electron chi connectivity index (χ2n) is 5.05. The minimum atomic E-state index is 0.478. The number of anilines is 1. The van der Waals surface area contributed by atoms with E-state index in [2.05, 4.69) is 53.3 Å². The van der Waals surface area contributed by atoms with Crippen molar-refractivity contribution in [2.45, 2.75) is 38.6 Å². The first-order valence-electron chi connectivity index (χ1n) is 6.57. The van der Waals surface area contributed by atoms with E-state index in [1.165, 1.54) is 5.75 Å². The lowest BCUT2D eigenvalue weighted by molar-refractivity contribution is 0.577. The molecule has 2 heterocycles. The quantitative estimate of drug-likeness (QED) is 0.901. The van der Waals surface area contributed by atoms with Crippen molar-refractivity contribution in [3.8, 4) is 0 Å². The van der Waals surface area contributed by atoms with Crippen molar-refractivity contribution in [1.29, 1.82) is 0 Å². The van der Waals surface area contributed by atoms with Crippen molar-refractivity contribution < 1.29 is 0 Å². The van der Waals surface area contributed by atoms with Gasteiger partial charge in [-0.1, -0.05) is 20.8 Å². The Bertz CT molecular complexity index is 366. The fourth-order valence-corrected chi connectivity index (χ4v) is 2.96. The summed E-state index contributed by atoms with van der Waals surface area (Å²) in [5, 5.41) is 12.7. The number of hydrogen-bond acceptors (Lipinski definition) is 5. The Morgan fingerprint density at radius 1 is 1.44 bits per heavy atom. The summed E-state index contributed by atoms with van der Waals surface area (Å²) < 4.78 is 0. The molecule has 1 aliphatic rings. The van der Waals surface area contributed by atoms with Crippen LogP contribution in [-0.2, 0) is 6.54 Å². The SMILES string of the molecule is CC(C)NCc1ccc(N2CCSC(C)C2)nn1. The van der Waals surface area contributed by atoms with Crippen LogP contribution in [0.1, 0.15) is 26.5 Å². The number of nitrogens with one attached hydrogen (secondary N) is 1. The van der Waals surface area contributed by atoms with Crippen LogP contribution in [0.3, 0.4) is 0 Å². The van der Waals surface area contributed by atoms with Crippen LogP contribution in [0.5, 0.6) is 0 Å². The average Bonchev–Trinajstić information content (AvgIpc) is 2.37. The minimum absolute atomic E-state index is 0.478. The van der Waals surface area contributed by atoms with E-state index in [9.17, 15) is 0 Å². The van der Waals surface area contributed by atoms with E-state index in [1.807, 2.05) is 11.8 Å². The molecule has 1 saturated heterocycles. The highest BCUT2D eigenvalue weighted by molar-refractivity contribution is 8.00. The van der Waals surface area contributed by atoms with Gasteiger partial charge in [-0.2, -0.15) is 16.9 Å². The third kappa shape index (κ3) is 3.85. The van der Waals surface area contributed by atoms with Gasteiger partial charge in [-0.3, -0.25) is 0 Å². The molecule has 1 aliphatic heterocycles. The Morgan fingerprint density at radius 3 is 2.89 bits per heavy atom. The molecule has 0 aromatic carbocycles. The number of aromatic nitrogens is 2. The monoisotopic (exact) mass is 266 g/mol. The maximum atomic E-state index is 4.34. The standard InChI is InChI=1S/C13H22N4S/c1-10(2)14-8-12-4-5-13(16-15-12)17-6-7-18-11(3)9-17/h4-5,10-11,14H,6-9H2,1-3H3. The summed E-state index contributed by atoms with van der Waals surface area (Å²) in [5.41, 5.74) is 1.01. The zero-order valence-electron chi connectivity index (χ0n) is 11.4. The average molecular weight is 266 g/mol. The highest BCUT2D eigenvalue weighted by Crippen LogP contribution is 2.21. The lowest BCUT2D eigenvalue weighted by atomic mass is 10.3. The van der Waals surface area contributed by atoms with Crippen LogP contribution in [0.4, 0.5) is 5.82 Å². The molecular weight excluding hydrogens is 244 g/mol. The Kier molecular flexibility index (Phi) is 4.83. The summed E-state index contributed by atoms with van der Waals surface area (Å²) in [6.45, 7) is 9.47. The van der Waals surface area contributed by atoms with Crippen molar-refractivity contribution in [1.82, 2.24) is 15.5 Å². The number of nitrogens with zero attached hydrogens (tertiary/aromatic N) is 3. The molecule has 5 heteroatoms. The van der Waals surface area contributed by atoms with Crippen LogP contribution >= 0.6 is 11.8 Å². The predicted molar refractivity (Wildman–Crippen MR) is 78.1 cm³/mol. The summed E-state index contributed by atoms with van der Waals surface area (Å²) in [6, 6.07) is 4.64. The van der Waals surface area contributed by atoms with Crippen molar-refractivity contribution in [2.24, 2.45) is 0 Å². The number of thioether (sulfide) groups is 1. The molecule has 100 valence electrons. The molecule has 1 aromatic heterocycles. The van der Waals surface area contributed by atoms with E-state index in [4.69, 9.17) is 0 Å². The summed E-state index contributed by atoms with van der Waals surface area (Å²) in [4.78, 5) is 2.33. The number of hydrogen-bond donors (Lipinski definition) is 1. The Balaban J connectivity index is 1.94. The van der Waals surface area contributed by atoms with Gasteiger partial charge in [0.05, 0.1) is 5.69 Å². The molecule has 0 aliphatic carbocycles. The van der Waals surface area contributed by atoms with E-state index >= 15 is 0 Å². The summed E-state index contributed by atoms with van der Waals surface area (Å²) in [6.07, 6.45) is 0. The van der Waals surface area contributed by atoms with Crippen molar-refractivity contribution >= 4 is 17.6 Å². The van der Waals surface area contributed by atoms with Gasteiger partial charge in [0, 0.05) is 36.7 Å². The molecular formula is C13H22N4S. The molecule has 1 aromatic rings. The Morgan fingerprint density at radius 2 is 2.28 bits per heavy atom. The van der Waals surface area contributed by atoms with Crippen LogP contribution in [0, 0.1) is 0 Å². The van der Waals surface area contributed by atoms with Gasteiger partial charge in [0.2, 0.25) is 0 Å². The van der Waals surface area contributed by atoms with Crippen LogP contribution < -0.4 is 10.2 Å². The predicted octanol–water partition coefficient (Wildman–Crippen LogP) is 1.92. The lowest BCUT2D eigenvalue weighted by Gasteiger charge is -2.31. The summed E-state index contributed by atoms with van der Waals surface area (Å²) >= 11 is 2.03. The van der Waals surface area contributed by atoms with E-state index in [1.54, 1.807) is 0 Å². The molecule has 0 saturated carbocycles.